The van der Waals surface area contributed by atoms with E-state index in [0.29, 0.717) is 0 Å². The molecule has 1 aromatic rings. The zero-order chi connectivity index (χ0) is 13.1. The number of hydrogen-bond donors (Lipinski definition) is 0. The van der Waals surface area contributed by atoms with E-state index in [0.717, 1.165) is 23.3 Å². The summed E-state index contributed by atoms with van der Waals surface area (Å²) in [6.07, 6.45) is 0. The maximum Gasteiger partial charge on any atom is 0.373 e. The minimum absolute atomic E-state index is 0. The fourth-order valence-electron chi connectivity index (χ4n) is 1.87. The molecule has 0 amide bonds. The van der Waals surface area contributed by atoms with E-state index >= 15 is 0 Å². The van der Waals surface area contributed by atoms with E-state index in [9.17, 15) is 4.79 Å². The Labute approximate surface area is 126 Å². The van der Waals surface area contributed by atoms with Crippen molar-refractivity contribution in [1.29, 1.82) is 0 Å². The van der Waals surface area contributed by atoms with Crippen molar-refractivity contribution in [3.05, 3.63) is 23.7 Å². The highest BCUT2D eigenvalue weighted by atomic mass is 127. The van der Waals surface area contributed by atoms with Gasteiger partial charge in [0.1, 0.15) is 6.04 Å². The summed E-state index contributed by atoms with van der Waals surface area (Å²) in [4.78, 5) is 11.3. The van der Waals surface area contributed by atoms with Crippen molar-refractivity contribution in [2.45, 2.75) is 26.8 Å². The number of halogens is 1. The molecule has 0 saturated heterocycles. The summed E-state index contributed by atoms with van der Waals surface area (Å²) < 4.78 is 11.1. The molecule has 1 aromatic heterocycles. The van der Waals surface area contributed by atoms with Crippen molar-refractivity contribution in [2.75, 3.05) is 27.2 Å². The Balaban J connectivity index is 0.00000289. The molecule has 0 bridgehead atoms. The monoisotopic (exact) mass is 367 g/mol. The van der Waals surface area contributed by atoms with Crippen LogP contribution in [0.4, 0.5) is 0 Å². The van der Waals surface area contributed by atoms with Gasteiger partial charge in [-0.1, -0.05) is 0 Å². The van der Waals surface area contributed by atoms with Crippen LogP contribution in [0.3, 0.4) is 0 Å². The van der Waals surface area contributed by atoms with Gasteiger partial charge in [0.2, 0.25) is 5.76 Å². The average molecular weight is 367 g/mol. The highest BCUT2D eigenvalue weighted by Crippen LogP contribution is 2.27. The summed E-state index contributed by atoms with van der Waals surface area (Å²) in [7, 11) is 3.54. The predicted molar refractivity (Wildman–Crippen MR) is 65.7 cm³/mol. The molecule has 104 valence electrons. The van der Waals surface area contributed by atoms with Gasteiger partial charge in [-0.15, -0.1) is 0 Å². The number of methoxy groups -OCH3 is 1. The second-order valence-electron chi connectivity index (χ2n) is 4.48. The third kappa shape index (κ3) is 3.47. The molecule has 18 heavy (non-hydrogen) atoms. The smallest absolute Gasteiger partial charge is 0.373 e. The second kappa shape index (κ2) is 7.13. The van der Waals surface area contributed by atoms with E-state index in [1.54, 1.807) is 6.07 Å². The Morgan fingerprint density at radius 1 is 1.39 bits per heavy atom. The maximum absolute atomic E-state index is 11.3. The number of hydrogen-bond acceptors (Lipinski definition) is 3. The molecule has 4 nitrogen and oxygen atoms in total. The van der Waals surface area contributed by atoms with Gasteiger partial charge in [-0.3, -0.25) is 0 Å². The van der Waals surface area contributed by atoms with Crippen molar-refractivity contribution >= 4 is 5.97 Å². The second-order valence-corrected chi connectivity index (χ2v) is 4.48. The molecule has 1 unspecified atom stereocenters. The third-order valence-electron chi connectivity index (χ3n) is 3.80. The molecule has 0 aliphatic carbocycles. The largest absolute Gasteiger partial charge is 1.00 e. The minimum Gasteiger partial charge on any atom is -1.00 e. The average Bonchev–Trinajstić information content (AvgIpc) is 2.85. The summed E-state index contributed by atoms with van der Waals surface area (Å²) in [6.45, 7) is 8.47. The Morgan fingerprint density at radius 3 is 2.39 bits per heavy atom. The highest BCUT2D eigenvalue weighted by molar-refractivity contribution is 5.86. The Morgan fingerprint density at radius 2 is 1.94 bits per heavy atom. The molecule has 1 rings (SSSR count). The number of furan rings is 1. The van der Waals surface area contributed by atoms with E-state index in [4.69, 9.17) is 4.42 Å². The van der Waals surface area contributed by atoms with Gasteiger partial charge in [0, 0.05) is 0 Å². The van der Waals surface area contributed by atoms with Crippen LogP contribution in [0.25, 0.3) is 0 Å². The zero-order valence-corrected chi connectivity index (χ0v) is 13.9. The molecule has 0 N–H and O–H groups in total. The van der Waals surface area contributed by atoms with Crippen LogP contribution in [0.1, 0.15) is 43.1 Å². The molecular formula is C13H22INO3. The topological polar surface area (TPSA) is 39.4 Å². The predicted octanol–water partition coefficient (Wildman–Crippen LogP) is -0.382. The van der Waals surface area contributed by atoms with Gasteiger partial charge in [0.05, 0.1) is 27.2 Å². The first kappa shape index (κ1) is 17.4. The van der Waals surface area contributed by atoms with Gasteiger partial charge in [0.25, 0.3) is 0 Å². The SMILES string of the molecule is CC[N+](C)(CC)C(C)c1ccc(C(=O)OC)o1.[I-]. The molecule has 1 heterocycles. The van der Waals surface area contributed by atoms with Crippen LogP contribution in [0.5, 0.6) is 0 Å². The fraction of sp³-hybridized carbons (Fsp3) is 0.615. The van der Waals surface area contributed by atoms with E-state index in [2.05, 4.69) is 32.6 Å². The zero-order valence-electron chi connectivity index (χ0n) is 11.7. The number of ether oxygens (including phenoxy) is 1. The molecule has 0 saturated carbocycles. The van der Waals surface area contributed by atoms with E-state index < -0.39 is 5.97 Å². The van der Waals surface area contributed by atoms with Crippen LogP contribution in [-0.2, 0) is 4.74 Å². The molecule has 0 aromatic carbocycles. The Hall–Kier alpha value is -0.560. The highest BCUT2D eigenvalue weighted by Gasteiger charge is 2.30. The third-order valence-corrected chi connectivity index (χ3v) is 3.80. The summed E-state index contributed by atoms with van der Waals surface area (Å²) in [6, 6.07) is 3.76. The number of nitrogens with zero attached hydrogens (tertiary/aromatic N) is 1. The molecule has 0 radical (unpaired) electrons. The van der Waals surface area contributed by atoms with Gasteiger partial charge >= 0.3 is 5.97 Å². The lowest BCUT2D eigenvalue weighted by molar-refractivity contribution is -0.935. The van der Waals surface area contributed by atoms with Gasteiger partial charge < -0.3 is 37.6 Å². The van der Waals surface area contributed by atoms with E-state index in [-0.39, 0.29) is 35.8 Å². The van der Waals surface area contributed by atoms with Gasteiger partial charge in [0.15, 0.2) is 5.76 Å². The van der Waals surface area contributed by atoms with E-state index in [1.807, 2.05) is 6.07 Å². The quantitative estimate of drug-likeness (QED) is 0.405. The Bertz CT molecular complexity index is 385. The van der Waals surface area contributed by atoms with Crippen LogP contribution in [0.2, 0.25) is 0 Å². The summed E-state index contributed by atoms with van der Waals surface area (Å²) >= 11 is 0. The number of esters is 1. The van der Waals surface area contributed by atoms with Crippen molar-refractivity contribution in [1.82, 2.24) is 0 Å². The lowest BCUT2D eigenvalue weighted by Crippen LogP contribution is -3.00. The normalized spacial score (nSPS) is 12.7. The maximum atomic E-state index is 11.3. The van der Waals surface area contributed by atoms with Crippen LogP contribution in [-0.4, -0.2) is 37.7 Å². The molecule has 1 atom stereocenters. The van der Waals surface area contributed by atoms with Crippen LogP contribution >= 0.6 is 0 Å². The minimum atomic E-state index is -0.425. The van der Waals surface area contributed by atoms with Crippen molar-refractivity contribution in [3.8, 4) is 0 Å². The summed E-state index contributed by atoms with van der Waals surface area (Å²) in [5, 5.41) is 0. The molecule has 0 fully saturated rings. The van der Waals surface area contributed by atoms with Crippen molar-refractivity contribution in [3.63, 3.8) is 0 Å². The molecule has 0 aliphatic rings. The molecular weight excluding hydrogens is 345 g/mol. The molecule has 5 heteroatoms. The number of rotatable bonds is 5. The van der Waals surface area contributed by atoms with Crippen LogP contribution in [0.15, 0.2) is 16.5 Å². The number of carbonyl (C=O) groups is 1. The first-order chi connectivity index (χ1) is 7.98. The van der Waals surface area contributed by atoms with Crippen molar-refractivity contribution in [2.24, 2.45) is 0 Å². The van der Waals surface area contributed by atoms with E-state index in [1.165, 1.54) is 7.11 Å². The number of carbonyl (C=O) groups excluding carboxylic acids is 1. The van der Waals surface area contributed by atoms with Gasteiger partial charge in [-0.25, -0.2) is 4.79 Å². The number of quaternary nitrogens is 1. The van der Waals surface area contributed by atoms with Gasteiger partial charge in [-0.2, -0.15) is 0 Å². The first-order valence-corrected chi connectivity index (χ1v) is 6.00. The first-order valence-electron chi connectivity index (χ1n) is 6.00. The van der Waals surface area contributed by atoms with Crippen LogP contribution in [0, 0.1) is 0 Å². The molecule has 0 aliphatic heterocycles. The molecule has 0 spiro atoms. The lowest BCUT2D eigenvalue weighted by Gasteiger charge is -2.37. The van der Waals surface area contributed by atoms with Gasteiger partial charge in [-0.05, 0) is 32.9 Å². The lowest BCUT2D eigenvalue weighted by atomic mass is 10.2. The summed E-state index contributed by atoms with van der Waals surface area (Å²) in [5.74, 6) is 0.676. The standard InChI is InChI=1S/C13H22NO3.HI/c1-6-14(4,7-2)10(3)11-8-9-12(17-11)13(15)16-5;/h8-10H,6-7H2,1-5H3;1H/q+1;/p-1. The fourth-order valence-corrected chi connectivity index (χ4v) is 1.87. The Kier molecular flexibility index (Phi) is 6.91. The van der Waals surface area contributed by atoms with Crippen molar-refractivity contribution < 1.29 is 42.4 Å². The summed E-state index contributed by atoms with van der Waals surface area (Å²) in [5.41, 5.74) is 0. The van der Waals surface area contributed by atoms with Crippen LogP contribution < -0.4 is 24.0 Å².